The van der Waals surface area contributed by atoms with Crippen molar-refractivity contribution < 1.29 is 25.2 Å². The Hall–Kier alpha value is -1.50. The van der Waals surface area contributed by atoms with Crippen LogP contribution in [-0.4, -0.2) is 44.1 Å². The van der Waals surface area contributed by atoms with Crippen molar-refractivity contribution in [1.29, 1.82) is 0 Å². The van der Waals surface area contributed by atoms with Crippen molar-refractivity contribution in [3.8, 4) is 0 Å². The Bertz CT molecular complexity index is 337. The molecule has 0 amide bonds. The van der Waals surface area contributed by atoms with Gasteiger partial charge in [-0.25, -0.2) is 9.78 Å². The largest absolute Gasteiger partial charge is 0.477 e. The lowest BCUT2D eigenvalue weighted by molar-refractivity contribution is -0.0154. The van der Waals surface area contributed by atoms with Gasteiger partial charge in [-0.3, -0.25) is 0 Å². The minimum absolute atomic E-state index is 0.149. The van der Waals surface area contributed by atoms with Crippen LogP contribution < -0.4 is 0 Å². The number of aliphatic hydroxyl groups is 3. The summed E-state index contributed by atoms with van der Waals surface area (Å²) in [6.07, 6.45) is -1.43. The fraction of sp³-hybridized carbons (Fsp3) is 0.333. The van der Waals surface area contributed by atoms with Crippen LogP contribution in [-0.2, 0) is 0 Å². The Morgan fingerprint density at radius 1 is 1.40 bits per heavy atom. The molecule has 0 aromatic carbocycles. The van der Waals surface area contributed by atoms with Crippen LogP contribution in [0.3, 0.4) is 0 Å². The van der Waals surface area contributed by atoms with E-state index in [4.69, 9.17) is 15.3 Å². The topological polar surface area (TPSA) is 111 Å². The van der Waals surface area contributed by atoms with Crippen molar-refractivity contribution in [3.63, 3.8) is 0 Å². The molecule has 0 fully saturated rings. The van der Waals surface area contributed by atoms with E-state index in [2.05, 4.69) is 4.98 Å². The van der Waals surface area contributed by atoms with Gasteiger partial charge in [0, 0.05) is 11.8 Å². The Balaban J connectivity index is 2.84. The zero-order valence-electron chi connectivity index (χ0n) is 7.74. The Kier molecular flexibility index (Phi) is 3.73. The van der Waals surface area contributed by atoms with Gasteiger partial charge in [-0.1, -0.05) is 6.07 Å². The van der Waals surface area contributed by atoms with Gasteiger partial charge in [0.25, 0.3) is 0 Å². The van der Waals surface area contributed by atoms with Gasteiger partial charge in [-0.05, 0) is 6.07 Å². The molecule has 6 nitrogen and oxygen atoms in total. The zero-order chi connectivity index (χ0) is 11.4. The van der Waals surface area contributed by atoms with Gasteiger partial charge in [0.05, 0.1) is 6.61 Å². The highest BCUT2D eigenvalue weighted by Gasteiger charge is 2.18. The molecule has 0 aliphatic rings. The van der Waals surface area contributed by atoms with Crippen LogP contribution in [0, 0.1) is 0 Å². The molecule has 1 aromatic heterocycles. The number of rotatable bonds is 4. The van der Waals surface area contributed by atoms with E-state index in [1.54, 1.807) is 0 Å². The summed E-state index contributed by atoms with van der Waals surface area (Å²) in [5.74, 6) is -1.17. The smallest absolute Gasteiger partial charge is 0.354 e. The number of nitrogens with zero attached hydrogens (tertiary/aromatic N) is 1. The molecule has 0 bridgehead atoms. The van der Waals surface area contributed by atoms with Crippen LogP contribution in [0.5, 0.6) is 0 Å². The average Bonchev–Trinajstić information content (AvgIpc) is 2.27. The van der Waals surface area contributed by atoms with E-state index in [1.807, 2.05) is 0 Å². The lowest BCUT2D eigenvalue weighted by Gasteiger charge is -2.15. The van der Waals surface area contributed by atoms with Crippen LogP contribution in [0.4, 0.5) is 0 Å². The van der Waals surface area contributed by atoms with Gasteiger partial charge in [-0.2, -0.15) is 0 Å². The molecule has 0 spiro atoms. The van der Waals surface area contributed by atoms with Crippen molar-refractivity contribution in [2.24, 2.45) is 0 Å². The summed E-state index contributed by atoms with van der Waals surface area (Å²) in [5, 5.41) is 35.7. The summed E-state index contributed by atoms with van der Waals surface area (Å²) in [6, 6.07) is 2.55. The predicted octanol–water partition coefficient (Wildman–Crippen LogP) is -0.834. The lowest BCUT2D eigenvalue weighted by Crippen LogP contribution is -2.22. The predicted molar refractivity (Wildman–Crippen MR) is 49.2 cm³/mol. The highest BCUT2D eigenvalue weighted by atomic mass is 16.4. The number of aliphatic hydroxyl groups excluding tert-OH is 3. The van der Waals surface area contributed by atoms with E-state index in [9.17, 15) is 9.90 Å². The second kappa shape index (κ2) is 4.83. The fourth-order valence-corrected chi connectivity index (χ4v) is 1.03. The summed E-state index contributed by atoms with van der Waals surface area (Å²) >= 11 is 0. The molecule has 0 aliphatic carbocycles. The maximum Gasteiger partial charge on any atom is 0.354 e. The van der Waals surface area contributed by atoms with Crippen LogP contribution in [0.25, 0.3) is 0 Å². The summed E-state index contributed by atoms with van der Waals surface area (Å²) in [6.45, 7) is -0.581. The minimum atomic E-state index is -1.30. The molecule has 4 N–H and O–H groups in total. The van der Waals surface area contributed by atoms with Crippen LogP contribution in [0.1, 0.15) is 22.2 Å². The molecule has 6 heteroatoms. The third-order valence-corrected chi connectivity index (χ3v) is 1.90. The number of pyridine rings is 1. The van der Waals surface area contributed by atoms with Crippen molar-refractivity contribution in [1.82, 2.24) is 4.98 Å². The first-order valence-corrected chi connectivity index (χ1v) is 4.22. The monoisotopic (exact) mass is 213 g/mol. The van der Waals surface area contributed by atoms with Crippen molar-refractivity contribution in [2.45, 2.75) is 12.2 Å². The average molecular weight is 213 g/mol. The zero-order valence-corrected chi connectivity index (χ0v) is 7.74. The van der Waals surface area contributed by atoms with E-state index < -0.39 is 24.8 Å². The number of carboxylic acid groups (broad SMARTS) is 1. The summed E-state index contributed by atoms with van der Waals surface area (Å²) in [4.78, 5) is 14.0. The SMILES string of the molecule is O=C(O)c1ccc(C(O)C(O)CO)cn1. The van der Waals surface area contributed by atoms with Gasteiger partial charge < -0.3 is 20.4 Å². The number of carboxylic acids is 1. The summed E-state index contributed by atoms with van der Waals surface area (Å²) in [5.41, 5.74) is 0.103. The molecule has 0 aliphatic heterocycles. The Morgan fingerprint density at radius 3 is 2.47 bits per heavy atom. The molecule has 1 aromatic rings. The molecule has 15 heavy (non-hydrogen) atoms. The molecule has 82 valence electrons. The third kappa shape index (κ3) is 2.72. The van der Waals surface area contributed by atoms with Crippen LogP contribution in [0.15, 0.2) is 18.3 Å². The molecule has 0 radical (unpaired) electrons. The Labute approximate surface area is 85.4 Å². The van der Waals surface area contributed by atoms with Crippen molar-refractivity contribution in [3.05, 3.63) is 29.6 Å². The number of hydrogen-bond donors (Lipinski definition) is 4. The van der Waals surface area contributed by atoms with Gasteiger partial charge in [-0.15, -0.1) is 0 Å². The highest BCUT2D eigenvalue weighted by Crippen LogP contribution is 2.15. The highest BCUT2D eigenvalue weighted by molar-refractivity contribution is 5.85. The summed E-state index contributed by atoms with van der Waals surface area (Å²) in [7, 11) is 0. The van der Waals surface area contributed by atoms with Gasteiger partial charge in [0.1, 0.15) is 17.9 Å². The fourth-order valence-electron chi connectivity index (χ4n) is 1.03. The molecule has 2 atom stereocenters. The first kappa shape index (κ1) is 11.6. The minimum Gasteiger partial charge on any atom is -0.477 e. The second-order valence-electron chi connectivity index (χ2n) is 2.98. The first-order chi connectivity index (χ1) is 7.06. The Morgan fingerprint density at radius 2 is 2.07 bits per heavy atom. The molecule has 1 heterocycles. The number of aromatic carboxylic acids is 1. The number of hydrogen-bond acceptors (Lipinski definition) is 5. The van der Waals surface area contributed by atoms with E-state index in [0.29, 0.717) is 0 Å². The summed E-state index contributed by atoms with van der Waals surface area (Å²) < 4.78 is 0. The molecular weight excluding hydrogens is 202 g/mol. The second-order valence-corrected chi connectivity index (χ2v) is 2.98. The molecule has 2 unspecified atom stereocenters. The van der Waals surface area contributed by atoms with Gasteiger partial charge in [0.15, 0.2) is 0 Å². The van der Waals surface area contributed by atoms with E-state index >= 15 is 0 Å². The van der Waals surface area contributed by atoms with Crippen LogP contribution in [0.2, 0.25) is 0 Å². The van der Waals surface area contributed by atoms with E-state index in [1.165, 1.54) is 12.1 Å². The van der Waals surface area contributed by atoms with Gasteiger partial charge >= 0.3 is 5.97 Å². The van der Waals surface area contributed by atoms with Crippen molar-refractivity contribution in [2.75, 3.05) is 6.61 Å². The molecular formula is C9H11NO5. The molecule has 1 rings (SSSR count). The maximum absolute atomic E-state index is 10.5. The number of carbonyl (C=O) groups is 1. The van der Waals surface area contributed by atoms with Crippen molar-refractivity contribution >= 4 is 5.97 Å². The lowest BCUT2D eigenvalue weighted by atomic mass is 10.1. The molecule has 0 saturated carbocycles. The molecule has 0 saturated heterocycles. The normalized spacial score (nSPS) is 14.6. The van der Waals surface area contributed by atoms with E-state index in [0.717, 1.165) is 6.20 Å². The van der Waals surface area contributed by atoms with Crippen LogP contribution >= 0.6 is 0 Å². The quantitative estimate of drug-likeness (QED) is 0.519. The van der Waals surface area contributed by atoms with E-state index in [-0.39, 0.29) is 11.3 Å². The first-order valence-electron chi connectivity index (χ1n) is 4.22. The maximum atomic E-state index is 10.5. The standard InChI is InChI=1S/C9H11NO5/c11-4-7(12)8(13)5-1-2-6(9(14)15)10-3-5/h1-3,7-8,11-13H,4H2,(H,14,15). The number of aromatic nitrogens is 1. The third-order valence-electron chi connectivity index (χ3n) is 1.90. The van der Waals surface area contributed by atoms with Gasteiger partial charge in [0.2, 0.25) is 0 Å².